The number of amides is 2. The van der Waals surface area contributed by atoms with Crippen LogP contribution in [0.2, 0.25) is 0 Å². The molecule has 1 fully saturated rings. The van der Waals surface area contributed by atoms with Gasteiger partial charge in [0.2, 0.25) is 5.91 Å². The zero-order valence-corrected chi connectivity index (χ0v) is 17.0. The lowest BCUT2D eigenvalue weighted by Crippen LogP contribution is -2.45. The number of primary amides is 1. The molecule has 0 radical (unpaired) electrons. The smallest absolute Gasteiger partial charge is 0.252 e. The van der Waals surface area contributed by atoms with Gasteiger partial charge < -0.3 is 26.3 Å². The second-order valence-corrected chi connectivity index (χ2v) is 7.95. The molecule has 5 N–H and O–H groups in total. The quantitative estimate of drug-likeness (QED) is 0.498. The summed E-state index contributed by atoms with van der Waals surface area (Å²) in [4.78, 5) is 28.0. The first-order valence-corrected chi connectivity index (χ1v) is 9.81. The first-order valence-electron chi connectivity index (χ1n) is 9.44. The van der Waals surface area contributed by atoms with Crippen molar-refractivity contribution in [3.8, 4) is 11.5 Å². The van der Waals surface area contributed by atoms with Crippen molar-refractivity contribution < 1.29 is 19.1 Å². The zero-order valence-electron chi connectivity index (χ0n) is 16.3. The number of benzene rings is 2. The average molecular weight is 429 g/mol. The molecular weight excluding hydrogens is 408 g/mol. The van der Waals surface area contributed by atoms with Crippen LogP contribution in [0.15, 0.2) is 41.4 Å². The SMILES string of the molecule is COc1cc2c(cc1C(N)=O)C(Cl)(C(=O)NC1CC1)CC(Oc1ccccc1N)=N2. The first kappa shape index (κ1) is 20.0. The Balaban J connectivity index is 1.81. The molecule has 1 heterocycles. The van der Waals surface area contributed by atoms with E-state index in [1.54, 1.807) is 24.3 Å². The van der Waals surface area contributed by atoms with E-state index in [1.807, 2.05) is 0 Å². The van der Waals surface area contributed by atoms with Gasteiger partial charge in [-0.3, -0.25) is 9.59 Å². The van der Waals surface area contributed by atoms with Gasteiger partial charge >= 0.3 is 0 Å². The number of aliphatic imine (C=N–C) groups is 1. The molecule has 1 atom stereocenters. The lowest BCUT2D eigenvalue weighted by molar-refractivity contribution is -0.124. The number of hydrogen-bond donors (Lipinski definition) is 3. The number of nitrogens with zero attached hydrogens (tertiary/aromatic N) is 1. The van der Waals surface area contributed by atoms with Crippen LogP contribution >= 0.6 is 11.6 Å². The highest BCUT2D eigenvalue weighted by Crippen LogP contribution is 2.46. The van der Waals surface area contributed by atoms with E-state index in [-0.39, 0.29) is 35.6 Å². The number of rotatable bonds is 5. The summed E-state index contributed by atoms with van der Waals surface area (Å²) in [5, 5.41) is 2.92. The van der Waals surface area contributed by atoms with Gasteiger partial charge in [0.25, 0.3) is 5.91 Å². The van der Waals surface area contributed by atoms with Crippen LogP contribution in [0.1, 0.15) is 35.2 Å². The first-order chi connectivity index (χ1) is 14.3. The third kappa shape index (κ3) is 3.66. The molecule has 1 saturated carbocycles. The molecule has 8 nitrogen and oxygen atoms in total. The van der Waals surface area contributed by atoms with E-state index in [4.69, 9.17) is 32.5 Å². The largest absolute Gasteiger partial charge is 0.496 e. The fraction of sp³-hybridized carbons (Fsp3) is 0.286. The van der Waals surface area contributed by atoms with Crippen LogP contribution in [-0.2, 0) is 9.67 Å². The average Bonchev–Trinajstić information content (AvgIpc) is 3.52. The molecular formula is C21H21ClN4O4. The minimum Gasteiger partial charge on any atom is -0.496 e. The molecule has 2 amide bonds. The van der Waals surface area contributed by atoms with E-state index in [1.165, 1.54) is 19.2 Å². The van der Waals surface area contributed by atoms with Crippen molar-refractivity contribution in [2.24, 2.45) is 10.7 Å². The summed E-state index contributed by atoms with van der Waals surface area (Å²) in [6.07, 6.45) is 1.77. The van der Waals surface area contributed by atoms with Gasteiger partial charge in [-0.05, 0) is 31.0 Å². The number of carbonyl (C=O) groups is 2. The maximum atomic E-state index is 13.1. The fourth-order valence-electron chi connectivity index (χ4n) is 3.31. The summed E-state index contributed by atoms with van der Waals surface area (Å²) in [6.45, 7) is 0. The van der Waals surface area contributed by atoms with Crippen molar-refractivity contribution in [2.75, 3.05) is 12.8 Å². The lowest BCUT2D eigenvalue weighted by atomic mass is 9.88. The van der Waals surface area contributed by atoms with Gasteiger partial charge in [-0.25, -0.2) is 4.99 Å². The van der Waals surface area contributed by atoms with Crippen LogP contribution in [-0.4, -0.2) is 30.9 Å². The third-order valence-corrected chi connectivity index (χ3v) is 5.58. The van der Waals surface area contributed by atoms with E-state index in [0.717, 1.165) is 12.8 Å². The second kappa shape index (κ2) is 7.53. The number of methoxy groups -OCH3 is 1. The highest BCUT2D eigenvalue weighted by atomic mass is 35.5. The Morgan fingerprint density at radius 1 is 1.23 bits per heavy atom. The summed E-state index contributed by atoms with van der Waals surface area (Å²) in [6, 6.07) is 10.0. The Bertz CT molecular complexity index is 1070. The molecule has 0 saturated heterocycles. The maximum Gasteiger partial charge on any atom is 0.252 e. The molecule has 1 unspecified atom stereocenters. The normalized spacial score (nSPS) is 20.0. The Kier molecular flexibility index (Phi) is 5.03. The number of nitrogens with two attached hydrogens (primary N) is 2. The summed E-state index contributed by atoms with van der Waals surface area (Å²) >= 11 is 6.90. The number of anilines is 1. The molecule has 2 aromatic rings. The van der Waals surface area contributed by atoms with Crippen molar-refractivity contribution >= 4 is 40.7 Å². The van der Waals surface area contributed by atoms with Crippen molar-refractivity contribution in [3.05, 3.63) is 47.5 Å². The van der Waals surface area contributed by atoms with Gasteiger partial charge in [0.15, 0.2) is 16.5 Å². The van der Waals surface area contributed by atoms with E-state index < -0.39 is 10.8 Å². The molecule has 0 aromatic heterocycles. The number of nitrogens with one attached hydrogen (secondary N) is 1. The van der Waals surface area contributed by atoms with E-state index in [0.29, 0.717) is 22.7 Å². The summed E-state index contributed by atoms with van der Waals surface area (Å²) < 4.78 is 11.2. The maximum absolute atomic E-state index is 13.1. The molecule has 156 valence electrons. The van der Waals surface area contributed by atoms with Crippen molar-refractivity contribution in [2.45, 2.75) is 30.2 Å². The molecule has 30 heavy (non-hydrogen) atoms. The highest BCUT2D eigenvalue weighted by molar-refractivity contribution is 6.37. The Hall–Kier alpha value is -3.26. The molecule has 4 rings (SSSR count). The van der Waals surface area contributed by atoms with Crippen molar-refractivity contribution in [1.82, 2.24) is 5.32 Å². The van der Waals surface area contributed by atoms with Crippen LogP contribution in [0.3, 0.4) is 0 Å². The number of nitrogen functional groups attached to an aromatic ring is 1. The number of alkyl halides is 1. The van der Waals surface area contributed by atoms with Gasteiger partial charge in [-0.1, -0.05) is 12.1 Å². The number of ether oxygens (including phenoxy) is 2. The predicted molar refractivity (Wildman–Crippen MR) is 113 cm³/mol. The summed E-state index contributed by atoms with van der Waals surface area (Å²) in [7, 11) is 1.41. The lowest BCUT2D eigenvalue weighted by Gasteiger charge is -2.32. The Morgan fingerprint density at radius 3 is 2.60 bits per heavy atom. The van der Waals surface area contributed by atoms with Gasteiger partial charge in [0, 0.05) is 17.7 Å². The van der Waals surface area contributed by atoms with Gasteiger partial charge in [-0.15, -0.1) is 11.6 Å². The standard InChI is InChI=1S/C21H21ClN4O4/c1-29-17-9-15-13(8-12(17)19(24)27)21(22,20(28)25-11-6-7-11)10-18(26-15)30-16-5-3-2-4-14(16)23/h2-5,8-9,11H,6-7,10,23H2,1H3,(H2,24,27)(H,25,28). The van der Waals surface area contributed by atoms with Crippen LogP contribution in [0, 0.1) is 0 Å². The van der Waals surface area contributed by atoms with Crippen molar-refractivity contribution in [3.63, 3.8) is 0 Å². The van der Waals surface area contributed by atoms with Crippen LogP contribution in [0.4, 0.5) is 11.4 Å². The molecule has 1 aliphatic carbocycles. The number of fused-ring (bicyclic) bond motifs is 1. The second-order valence-electron chi connectivity index (χ2n) is 7.30. The minimum atomic E-state index is -1.53. The van der Waals surface area contributed by atoms with Gasteiger partial charge in [0.05, 0.1) is 30.5 Å². The fourth-order valence-corrected chi connectivity index (χ4v) is 3.63. The number of hydrogen-bond acceptors (Lipinski definition) is 6. The highest BCUT2D eigenvalue weighted by Gasteiger charge is 2.46. The molecule has 0 spiro atoms. The van der Waals surface area contributed by atoms with Crippen LogP contribution in [0.5, 0.6) is 11.5 Å². The number of halogens is 1. The monoisotopic (exact) mass is 428 g/mol. The predicted octanol–water partition coefficient (Wildman–Crippen LogP) is 2.60. The third-order valence-electron chi connectivity index (χ3n) is 5.07. The topological polar surface area (TPSA) is 129 Å². The van der Waals surface area contributed by atoms with Crippen LogP contribution in [0.25, 0.3) is 0 Å². The molecule has 1 aliphatic heterocycles. The zero-order chi connectivity index (χ0) is 21.5. The van der Waals surface area contributed by atoms with Crippen molar-refractivity contribution in [1.29, 1.82) is 0 Å². The number of para-hydroxylation sites is 2. The molecule has 2 aliphatic rings. The number of carbonyl (C=O) groups excluding carboxylic acids is 2. The van der Waals surface area contributed by atoms with Gasteiger partial charge in [-0.2, -0.15) is 0 Å². The van der Waals surface area contributed by atoms with Crippen LogP contribution < -0.4 is 26.3 Å². The molecule has 9 heteroatoms. The van der Waals surface area contributed by atoms with E-state index in [9.17, 15) is 9.59 Å². The summed E-state index contributed by atoms with van der Waals surface area (Å²) in [5.74, 6) is -0.228. The molecule has 0 bridgehead atoms. The van der Waals surface area contributed by atoms with E-state index >= 15 is 0 Å². The van der Waals surface area contributed by atoms with E-state index in [2.05, 4.69) is 10.3 Å². The van der Waals surface area contributed by atoms with Gasteiger partial charge in [0.1, 0.15) is 5.75 Å². The summed E-state index contributed by atoms with van der Waals surface area (Å²) in [5.41, 5.74) is 12.7. The Morgan fingerprint density at radius 2 is 1.97 bits per heavy atom. The minimum absolute atomic E-state index is 0.0288. The Labute approximate surface area is 178 Å². The molecule has 2 aromatic carbocycles.